The summed E-state index contributed by atoms with van der Waals surface area (Å²) in [6.45, 7) is 4.76. The number of halogens is 1. The highest BCUT2D eigenvalue weighted by molar-refractivity contribution is 5.88. The lowest BCUT2D eigenvalue weighted by Crippen LogP contribution is -2.34. The van der Waals surface area contributed by atoms with E-state index in [1.54, 1.807) is 27.8 Å². The Morgan fingerprint density at radius 2 is 2.04 bits per heavy atom. The molecule has 0 radical (unpaired) electrons. The van der Waals surface area contributed by atoms with Gasteiger partial charge in [0.05, 0.1) is 6.04 Å². The van der Waals surface area contributed by atoms with Crippen LogP contribution >= 0.6 is 0 Å². The second-order valence-corrected chi connectivity index (χ2v) is 6.11. The number of benzene rings is 1. The first-order valence-electron chi connectivity index (χ1n) is 7.93. The molecule has 1 aliphatic rings. The molecule has 1 N–H and O–H groups in total. The Bertz CT molecular complexity index is 680. The number of amides is 2. The van der Waals surface area contributed by atoms with Crippen LogP contribution in [0.15, 0.2) is 36.5 Å². The second kappa shape index (κ2) is 6.40. The van der Waals surface area contributed by atoms with E-state index in [4.69, 9.17) is 0 Å². The largest absolute Gasteiger partial charge is 0.323 e. The van der Waals surface area contributed by atoms with Crippen molar-refractivity contribution in [1.29, 1.82) is 0 Å². The van der Waals surface area contributed by atoms with Gasteiger partial charge in [-0.2, -0.15) is 5.10 Å². The number of anilines is 1. The van der Waals surface area contributed by atoms with E-state index < -0.39 is 0 Å². The lowest BCUT2D eigenvalue weighted by Gasteiger charge is -2.25. The Balaban J connectivity index is 1.71. The van der Waals surface area contributed by atoms with Crippen LogP contribution in [0.3, 0.4) is 0 Å². The van der Waals surface area contributed by atoms with Gasteiger partial charge >= 0.3 is 6.03 Å². The van der Waals surface area contributed by atoms with Crippen LogP contribution in [0.5, 0.6) is 0 Å². The van der Waals surface area contributed by atoms with Gasteiger partial charge in [0.2, 0.25) is 0 Å². The Morgan fingerprint density at radius 3 is 2.70 bits per heavy atom. The van der Waals surface area contributed by atoms with Crippen molar-refractivity contribution in [2.75, 3.05) is 11.9 Å². The molecule has 2 aromatic rings. The maximum atomic E-state index is 13.1. The van der Waals surface area contributed by atoms with E-state index >= 15 is 0 Å². The van der Waals surface area contributed by atoms with E-state index in [2.05, 4.69) is 10.4 Å². The van der Waals surface area contributed by atoms with Gasteiger partial charge in [-0.25, -0.2) is 9.18 Å². The number of carbonyl (C=O) groups excluding carboxylic acids is 1. The third-order valence-electron chi connectivity index (χ3n) is 4.14. The van der Waals surface area contributed by atoms with Crippen LogP contribution < -0.4 is 5.32 Å². The fourth-order valence-electron chi connectivity index (χ4n) is 2.91. The zero-order valence-corrected chi connectivity index (χ0v) is 13.4. The smallest absolute Gasteiger partial charge is 0.317 e. The van der Waals surface area contributed by atoms with E-state index in [1.165, 1.54) is 12.1 Å². The molecule has 5 nitrogen and oxygen atoms in total. The molecule has 6 heteroatoms. The molecule has 3 rings (SSSR count). The van der Waals surface area contributed by atoms with E-state index in [0.717, 1.165) is 18.4 Å². The van der Waals surface area contributed by atoms with Crippen molar-refractivity contribution in [2.45, 2.75) is 38.8 Å². The summed E-state index contributed by atoms with van der Waals surface area (Å²) in [6, 6.07) is 8.24. The quantitative estimate of drug-likeness (QED) is 0.931. The molecule has 0 bridgehead atoms. The molecule has 1 aromatic carbocycles. The third kappa shape index (κ3) is 3.36. The lowest BCUT2D eigenvalue weighted by atomic mass is 10.0. The molecule has 1 aromatic heterocycles. The van der Waals surface area contributed by atoms with E-state index in [-0.39, 0.29) is 23.9 Å². The molecule has 1 aliphatic heterocycles. The van der Waals surface area contributed by atoms with Gasteiger partial charge in [0.15, 0.2) is 5.82 Å². The molecule has 1 saturated heterocycles. The first-order valence-corrected chi connectivity index (χ1v) is 7.93. The molecule has 2 heterocycles. The van der Waals surface area contributed by atoms with Crippen LogP contribution in [0, 0.1) is 5.82 Å². The van der Waals surface area contributed by atoms with Crippen molar-refractivity contribution in [1.82, 2.24) is 14.7 Å². The Labute approximate surface area is 135 Å². The molecule has 2 amide bonds. The normalized spacial score (nSPS) is 17.7. The predicted molar refractivity (Wildman–Crippen MR) is 86.7 cm³/mol. The first-order chi connectivity index (χ1) is 11.0. The van der Waals surface area contributed by atoms with Gasteiger partial charge < -0.3 is 4.90 Å². The summed E-state index contributed by atoms with van der Waals surface area (Å²) in [5.74, 6) is 0.287. The molecule has 1 unspecified atom stereocenters. The van der Waals surface area contributed by atoms with Gasteiger partial charge in [-0.3, -0.25) is 10.00 Å². The van der Waals surface area contributed by atoms with Gasteiger partial charge in [0, 0.05) is 24.8 Å². The van der Waals surface area contributed by atoms with Crippen molar-refractivity contribution >= 4 is 11.8 Å². The van der Waals surface area contributed by atoms with Crippen LogP contribution in [0.25, 0.3) is 0 Å². The summed E-state index contributed by atoms with van der Waals surface area (Å²) >= 11 is 0. The number of nitrogens with one attached hydrogen (secondary N) is 1. The summed E-state index contributed by atoms with van der Waals surface area (Å²) in [7, 11) is 0. The monoisotopic (exact) mass is 316 g/mol. The molecule has 0 saturated carbocycles. The van der Waals surface area contributed by atoms with Crippen LogP contribution in [-0.2, 0) is 0 Å². The number of aromatic nitrogens is 2. The number of nitrogens with zero attached hydrogens (tertiary/aromatic N) is 3. The summed E-state index contributed by atoms with van der Waals surface area (Å²) in [5, 5.41) is 7.19. The van der Waals surface area contributed by atoms with Crippen molar-refractivity contribution in [3.63, 3.8) is 0 Å². The minimum absolute atomic E-state index is 0.0113. The summed E-state index contributed by atoms with van der Waals surface area (Å²) in [4.78, 5) is 14.3. The lowest BCUT2D eigenvalue weighted by molar-refractivity contribution is 0.207. The minimum Gasteiger partial charge on any atom is -0.317 e. The molecule has 122 valence electrons. The highest BCUT2D eigenvalue weighted by atomic mass is 19.1. The van der Waals surface area contributed by atoms with Crippen molar-refractivity contribution < 1.29 is 9.18 Å². The highest BCUT2D eigenvalue weighted by Gasteiger charge is 2.30. The van der Waals surface area contributed by atoms with Crippen molar-refractivity contribution in [3.05, 3.63) is 47.9 Å². The Kier molecular flexibility index (Phi) is 4.32. The number of hydrogen-bond acceptors (Lipinski definition) is 2. The maximum Gasteiger partial charge on any atom is 0.323 e. The molecular formula is C17H21FN4O. The SMILES string of the molecule is CC(C)n1ccc(NC(=O)N2CCCC2c2ccc(F)cc2)n1. The van der Waals surface area contributed by atoms with Gasteiger partial charge in [0.25, 0.3) is 0 Å². The number of likely N-dealkylation sites (tertiary alicyclic amines) is 1. The molecule has 0 aliphatic carbocycles. The van der Waals surface area contributed by atoms with Crippen LogP contribution in [0.1, 0.15) is 44.3 Å². The van der Waals surface area contributed by atoms with Crippen molar-refractivity contribution in [3.8, 4) is 0 Å². The van der Waals surface area contributed by atoms with Gasteiger partial charge in [-0.1, -0.05) is 12.1 Å². The fourth-order valence-corrected chi connectivity index (χ4v) is 2.91. The average Bonchev–Trinajstić information content (AvgIpc) is 3.16. The standard InChI is InChI=1S/C17H21FN4O/c1-12(2)22-11-9-16(20-22)19-17(23)21-10-3-4-15(21)13-5-7-14(18)8-6-13/h5-9,11-12,15H,3-4,10H2,1-2H3,(H,19,20,23). The zero-order chi connectivity index (χ0) is 16.4. The average molecular weight is 316 g/mol. The minimum atomic E-state index is -0.262. The number of carbonyl (C=O) groups is 1. The van der Waals surface area contributed by atoms with Crippen LogP contribution in [0.4, 0.5) is 15.0 Å². The summed E-state index contributed by atoms with van der Waals surface area (Å²) < 4.78 is 14.9. The number of hydrogen-bond donors (Lipinski definition) is 1. The summed E-state index contributed by atoms with van der Waals surface area (Å²) in [6.07, 6.45) is 3.68. The molecular weight excluding hydrogens is 295 g/mol. The Morgan fingerprint density at radius 1 is 1.30 bits per heavy atom. The number of rotatable bonds is 3. The topological polar surface area (TPSA) is 50.2 Å². The second-order valence-electron chi connectivity index (χ2n) is 6.11. The molecule has 23 heavy (non-hydrogen) atoms. The van der Waals surface area contributed by atoms with E-state index in [0.29, 0.717) is 12.4 Å². The van der Waals surface area contributed by atoms with Crippen molar-refractivity contribution in [2.24, 2.45) is 0 Å². The van der Waals surface area contributed by atoms with Gasteiger partial charge in [0.1, 0.15) is 5.82 Å². The van der Waals surface area contributed by atoms with E-state index in [1.807, 2.05) is 20.0 Å². The third-order valence-corrected chi connectivity index (χ3v) is 4.14. The highest BCUT2D eigenvalue weighted by Crippen LogP contribution is 2.32. The molecule has 0 spiro atoms. The Hall–Kier alpha value is -2.37. The maximum absolute atomic E-state index is 13.1. The van der Waals surface area contributed by atoms with Crippen LogP contribution in [0.2, 0.25) is 0 Å². The summed E-state index contributed by atoms with van der Waals surface area (Å²) in [5.41, 5.74) is 0.965. The first kappa shape index (κ1) is 15.5. The van der Waals surface area contributed by atoms with Gasteiger partial charge in [-0.05, 0) is 44.4 Å². The zero-order valence-electron chi connectivity index (χ0n) is 13.4. The van der Waals surface area contributed by atoms with E-state index in [9.17, 15) is 9.18 Å². The molecule has 1 atom stereocenters. The van der Waals surface area contributed by atoms with Crippen LogP contribution in [-0.4, -0.2) is 27.3 Å². The van der Waals surface area contributed by atoms with Gasteiger partial charge in [-0.15, -0.1) is 0 Å². The number of urea groups is 1. The molecule has 1 fully saturated rings. The fraction of sp³-hybridized carbons (Fsp3) is 0.412. The predicted octanol–water partition coefficient (Wildman–Crippen LogP) is 3.97.